The molecule has 0 radical (unpaired) electrons. The van der Waals surface area contributed by atoms with Crippen LogP contribution in [0.1, 0.15) is 25.3 Å². The summed E-state index contributed by atoms with van der Waals surface area (Å²) in [5, 5.41) is 3.08. The van der Waals surface area contributed by atoms with Crippen LogP contribution in [-0.4, -0.2) is 13.1 Å². The van der Waals surface area contributed by atoms with E-state index in [2.05, 4.69) is 30.0 Å². The van der Waals surface area contributed by atoms with Crippen LogP contribution in [0.4, 0.5) is 5.69 Å². The van der Waals surface area contributed by atoms with Crippen molar-refractivity contribution in [3.63, 3.8) is 0 Å². The van der Waals surface area contributed by atoms with E-state index in [1.54, 1.807) is 6.20 Å². The SMILES string of the molecule is COC(=O)/C=C/Nc1ccccc1C(C)C. The van der Waals surface area contributed by atoms with E-state index in [1.807, 2.05) is 18.2 Å². The smallest absolute Gasteiger partial charge is 0.331 e. The molecule has 0 saturated carbocycles. The van der Waals surface area contributed by atoms with Crippen LogP contribution < -0.4 is 5.32 Å². The Bertz CT molecular complexity index is 383. The van der Waals surface area contributed by atoms with E-state index in [1.165, 1.54) is 18.7 Å². The molecule has 0 bridgehead atoms. The Morgan fingerprint density at radius 2 is 2.06 bits per heavy atom. The molecule has 0 spiro atoms. The molecular formula is C13H17NO2. The van der Waals surface area contributed by atoms with Crippen LogP contribution in [0.5, 0.6) is 0 Å². The Morgan fingerprint density at radius 1 is 1.38 bits per heavy atom. The van der Waals surface area contributed by atoms with Gasteiger partial charge in [0.15, 0.2) is 0 Å². The third kappa shape index (κ3) is 3.42. The Morgan fingerprint density at radius 3 is 2.69 bits per heavy atom. The fourth-order valence-electron chi connectivity index (χ4n) is 1.40. The number of nitrogens with one attached hydrogen (secondary N) is 1. The molecule has 3 nitrogen and oxygen atoms in total. The van der Waals surface area contributed by atoms with E-state index < -0.39 is 0 Å². The molecule has 0 atom stereocenters. The molecule has 0 unspecified atom stereocenters. The highest BCUT2D eigenvalue weighted by molar-refractivity contribution is 5.82. The summed E-state index contributed by atoms with van der Waals surface area (Å²) in [6, 6.07) is 8.01. The maximum absolute atomic E-state index is 10.9. The van der Waals surface area contributed by atoms with Crippen LogP contribution in [0.2, 0.25) is 0 Å². The summed E-state index contributed by atoms with van der Waals surface area (Å²) in [5.41, 5.74) is 2.23. The number of anilines is 1. The van der Waals surface area contributed by atoms with Crippen molar-refractivity contribution in [1.29, 1.82) is 0 Å². The minimum Gasteiger partial charge on any atom is -0.466 e. The summed E-state index contributed by atoms with van der Waals surface area (Å²) >= 11 is 0. The molecule has 0 heterocycles. The molecule has 1 aromatic rings. The molecule has 0 fully saturated rings. The zero-order chi connectivity index (χ0) is 12.0. The number of benzene rings is 1. The van der Waals surface area contributed by atoms with Crippen molar-refractivity contribution in [2.45, 2.75) is 19.8 Å². The predicted octanol–water partition coefficient (Wildman–Crippen LogP) is 2.91. The fraction of sp³-hybridized carbons (Fsp3) is 0.308. The molecular weight excluding hydrogens is 202 g/mol. The summed E-state index contributed by atoms with van der Waals surface area (Å²) in [7, 11) is 1.36. The summed E-state index contributed by atoms with van der Waals surface area (Å²) < 4.78 is 4.50. The molecule has 1 rings (SSSR count). The summed E-state index contributed by atoms with van der Waals surface area (Å²) in [4.78, 5) is 10.9. The first-order valence-electron chi connectivity index (χ1n) is 5.25. The van der Waals surface area contributed by atoms with Gasteiger partial charge in [0, 0.05) is 18.0 Å². The minimum absolute atomic E-state index is 0.366. The summed E-state index contributed by atoms with van der Waals surface area (Å²) in [6.07, 6.45) is 2.95. The van der Waals surface area contributed by atoms with Crippen molar-refractivity contribution in [2.24, 2.45) is 0 Å². The zero-order valence-corrected chi connectivity index (χ0v) is 9.86. The second-order valence-corrected chi connectivity index (χ2v) is 3.74. The second-order valence-electron chi connectivity index (χ2n) is 3.74. The lowest BCUT2D eigenvalue weighted by atomic mass is 10.0. The van der Waals surface area contributed by atoms with E-state index in [0.717, 1.165) is 5.69 Å². The topological polar surface area (TPSA) is 38.3 Å². The molecule has 0 aliphatic carbocycles. The molecule has 0 amide bonds. The number of ether oxygens (including phenoxy) is 1. The van der Waals surface area contributed by atoms with Gasteiger partial charge in [0.1, 0.15) is 0 Å². The Labute approximate surface area is 96.1 Å². The van der Waals surface area contributed by atoms with E-state index in [4.69, 9.17) is 0 Å². The standard InChI is InChI=1S/C13H17NO2/c1-10(2)11-6-4-5-7-12(11)14-9-8-13(15)16-3/h4-10,14H,1-3H3/b9-8+. The highest BCUT2D eigenvalue weighted by Crippen LogP contribution is 2.23. The van der Waals surface area contributed by atoms with Crippen molar-refractivity contribution < 1.29 is 9.53 Å². The molecule has 0 aliphatic rings. The average molecular weight is 219 g/mol. The Kier molecular flexibility index (Phi) is 4.58. The zero-order valence-electron chi connectivity index (χ0n) is 9.86. The van der Waals surface area contributed by atoms with Gasteiger partial charge in [-0.3, -0.25) is 0 Å². The molecule has 0 aliphatic heterocycles. The molecule has 16 heavy (non-hydrogen) atoms. The van der Waals surface area contributed by atoms with E-state index >= 15 is 0 Å². The first-order chi connectivity index (χ1) is 7.65. The third-order valence-electron chi connectivity index (χ3n) is 2.24. The predicted molar refractivity (Wildman–Crippen MR) is 65.3 cm³/mol. The van der Waals surface area contributed by atoms with E-state index in [-0.39, 0.29) is 5.97 Å². The van der Waals surface area contributed by atoms with Crippen LogP contribution in [0, 0.1) is 0 Å². The maximum atomic E-state index is 10.9. The van der Waals surface area contributed by atoms with Crippen LogP contribution in [0.15, 0.2) is 36.5 Å². The van der Waals surface area contributed by atoms with Crippen molar-refractivity contribution >= 4 is 11.7 Å². The molecule has 1 aromatic carbocycles. The number of methoxy groups -OCH3 is 1. The summed E-state index contributed by atoms with van der Waals surface area (Å²) in [5.74, 6) is 0.0738. The number of carbonyl (C=O) groups excluding carboxylic acids is 1. The number of hydrogen-bond acceptors (Lipinski definition) is 3. The third-order valence-corrected chi connectivity index (χ3v) is 2.24. The van der Waals surface area contributed by atoms with Gasteiger partial charge in [-0.2, -0.15) is 0 Å². The van der Waals surface area contributed by atoms with Crippen molar-refractivity contribution in [3.8, 4) is 0 Å². The first kappa shape index (κ1) is 12.3. The van der Waals surface area contributed by atoms with Crippen LogP contribution in [-0.2, 0) is 9.53 Å². The Balaban J connectivity index is 2.74. The lowest BCUT2D eigenvalue weighted by Crippen LogP contribution is -1.99. The largest absolute Gasteiger partial charge is 0.466 e. The molecule has 0 saturated heterocycles. The highest BCUT2D eigenvalue weighted by atomic mass is 16.5. The molecule has 86 valence electrons. The van der Waals surface area contributed by atoms with Gasteiger partial charge in [0.05, 0.1) is 7.11 Å². The quantitative estimate of drug-likeness (QED) is 0.625. The monoisotopic (exact) mass is 219 g/mol. The number of hydrogen-bond donors (Lipinski definition) is 1. The Hall–Kier alpha value is -1.77. The van der Waals surface area contributed by atoms with Gasteiger partial charge in [-0.1, -0.05) is 32.0 Å². The number of carbonyl (C=O) groups is 1. The van der Waals surface area contributed by atoms with Crippen molar-refractivity contribution in [2.75, 3.05) is 12.4 Å². The first-order valence-corrected chi connectivity index (χ1v) is 5.25. The van der Waals surface area contributed by atoms with E-state index in [9.17, 15) is 4.79 Å². The normalized spacial score (nSPS) is 10.8. The maximum Gasteiger partial charge on any atom is 0.331 e. The van der Waals surface area contributed by atoms with Crippen LogP contribution in [0.25, 0.3) is 0 Å². The van der Waals surface area contributed by atoms with Crippen LogP contribution in [0.3, 0.4) is 0 Å². The number of esters is 1. The number of rotatable bonds is 4. The van der Waals surface area contributed by atoms with Crippen molar-refractivity contribution in [1.82, 2.24) is 0 Å². The second kappa shape index (κ2) is 5.95. The molecule has 1 N–H and O–H groups in total. The average Bonchev–Trinajstić information content (AvgIpc) is 2.29. The van der Waals surface area contributed by atoms with Gasteiger partial charge >= 0.3 is 5.97 Å². The minimum atomic E-state index is -0.366. The van der Waals surface area contributed by atoms with Gasteiger partial charge in [-0.25, -0.2) is 4.79 Å². The fourth-order valence-corrected chi connectivity index (χ4v) is 1.40. The molecule has 3 heteroatoms. The molecule has 0 aromatic heterocycles. The lowest BCUT2D eigenvalue weighted by Gasteiger charge is -2.11. The van der Waals surface area contributed by atoms with Gasteiger partial charge in [-0.15, -0.1) is 0 Å². The van der Waals surface area contributed by atoms with E-state index in [0.29, 0.717) is 5.92 Å². The number of para-hydroxylation sites is 1. The van der Waals surface area contributed by atoms with Gasteiger partial charge in [0.2, 0.25) is 0 Å². The van der Waals surface area contributed by atoms with Gasteiger partial charge in [0.25, 0.3) is 0 Å². The van der Waals surface area contributed by atoms with Gasteiger partial charge < -0.3 is 10.1 Å². The van der Waals surface area contributed by atoms with Gasteiger partial charge in [-0.05, 0) is 17.5 Å². The van der Waals surface area contributed by atoms with Crippen molar-refractivity contribution in [3.05, 3.63) is 42.1 Å². The lowest BCUT2D eigenvalue weighted by molar-refractivity contribution is -0.134. The highest BCUT2D eigenvalue weighted by Gasteiger charge is 2.03. The van der Waals surface area contributed by atoms with Crippen LogP contribution >= 0.6 is 0 Å². The summed E-state index contributed by atoms with van der Waals surface area (Å²) in [6.45, 7) is 4.26.